The Morgan fingerprint density at radius 1 is 1.03 bits per heavy atom. The third-order valence-corrected chi connectivity index (χ3v) is 4.94. The summed E-state index contributed by atoms with van der Waals surface area (Å²) in [5.74, 6) is -2.41. The molecule has 0 unspecified atom stereocenters. The number of carboxylic acids is 1. The molecule has 1 fully saturated rings. The second kappa shape index (κ2) is 8.82. The van der Waals surface area contributed by atoms with Gasteiger partial charge in [0.05, 0.1) is 24.6 Å². The topological polar surface area (TPSA) is 104 Å². The first-order chi connectivity index (χ1) is 14.3. The fourth-order valence-corrected chi connectivity index (χ4v) is 3.45. The second-order valence-electron chi connectivity index (χ2n) is 7.00. The van der Waals surface area contributed by atoms with E-state index >= 15 is 0 Å². The molecule has 156 valence electrons. The van der Waals surface area contributed by atoms with Gasteiger partial charge in [-0.3, -0.25) is 14.4 Å². The van der Waals surface area contributed by atoms with Gasteiger partial charge in [0.1, 0.15) is 11.5 Å². The van der Waals surface area contributed by atoms with E-state index in [0.717, 1.165) is 5.56 Å². The number of aliphatic hydroxyl groups excluding tert-OH is 1. The number of ketones is 1. The van der Waals surface area contributed by atoms with Crippen LogP contribution in [0.5, 0.6) is 5.75 Å². The van der Waals surface area contributed by atoms with Gasteiger partial charge in [0.2, 0.25) is 0 Å². The highest BCUT2D eigenvalue weighted by atomic mass is 16.5. The van der Waals surface area contributed by atoms with Gasteiger partial charge in [0.25, 0.3) is 11.7 Å². The van der Waals surface area contributed by atoms with E-state index in [4.69, 9.17) is 9.84 Å². The molecule has 0 aromatic heterocycles. The fourth-order valence-electron chi connectivity index (χ4n) is 3.45. The standard InChI is InChI=1S/C23H23NO6/c1-3-30-17-10-8-15(9-11-17)20-19(21(27)16-6-4-14(2)5-7-16)22(28)23(29)24(20)13-12-18(25)26/h4-11,20,27H,3,12-13H2,1-2H3,(H,25,26)/t20-/m0/s1. The summed E-state index contributed by atoms with van der Waals surface area (Å²) in [5.41, 5.74) is 1.92. The SMILES string of the molecule is CCOc1ccc([C@H]2C(=C(O)c3ccc(C)cc3)C(=O)C(=O)N2CCC(=O)O)cc1. The third kappa shape index (κ3) is 4.20. The van der Waals surface area contributed by atoms with Crippen molar-refractivity contribution in [3.63, 3.8) is 0 Å². The Bertz CT molecular complexity index is 991. The molecule has 0 radical (unpaired) electrons. The summed E-state index contributed by atoms with van der Waals surface area (Å²) in [7, 11) is 0. The molecule has 1 amide bonds. The minimum Gasteiger partial charge on any atom is -0.507 e. The normalized spacial score (nSPS) is 17.9. The molecule has 2 aromatic carbocycles. The molecule has 3 rings (SSSR count). The number of aliphatic carboxylic acids is 1. The van der Waals surface area contributed by atoms with Crippen LogP contribution in [0.4, 0.5) is 0 Å². The van der Waals surface area contributed by atoms with Crippen LogP contribution in [0.2, 0.25) is 0 Å². The number of carbonyl (C=O) groups is 3. The number of ether oxygens (including phenoxy) is 1. The lowest BCUT2D eigenvalue weighted by Gasteiger charge is -2.25. The average Bonchev–Trinajstić information content (AvgIpc) is 2.98. The minimum atomic E-state index is -1.08. The van der Waals surface area contributed by atoms with Crippen LogP contribution in [-0.2, 0) is 14.4 Å². The van der Waals surface area contributed by atoms with E-state index in [1.54, 1.807) is 48.5 Å². The van der Waals surface area contributed by atoms with Crippen molar-refractivity contribution in [3.05, 3.63) is 70.8 Å². The van der Waals surface area contributed by atoms with Crippen LogP contribution >= 0.6 is 0 Å². The lowest BCUT2D eigenvalue weighted by molar-refractivity contribution is -0.142. The van der Waals surface area contributed by atoms with Gasteiger partial charge in [-0.15, -0.1) is 0 Å². The van der Waals surface area contributed by atoms with Crippen molar-refractivity contribution in [2.45, 2.75) is 26.3 Å². The van der Waals surface area contributed by atoms with Gasteiger partial charge in [-0.25, -0.2) is 0 Å². The van der Waals surface area contributed by atoms with Crippen molar-refractivity contribution in [2.75, 3.05) is 13.2 Å². The zero-order valence-corrected chi connectivity index (χ0v) is 16.8. The number of nitrogens with zero attached hydrogens (tertiary/aromatic N) is 1. The number of amides is 1. The maximum atomic E-state index is 12.8. The van der Waals surface area contributed by atoms with Gasteiger partial charge < -0.3 is 19.8 Å². The number of carbonyl (C=O) groups excluding carboxylic acids is 2. The highest BCUT2D eigenvalue weighted by Gasteiger charge is 2.46. The Kier molecular flexibility index (Phi) is 6.20. The van der Waals surface area contributed by atoms with E-state index in [2.05, 4.69) is 0 Å². The summed E-state index contributed by atoms with van der Waals surface area (Å²) < 4.78 is 5.44. The number of hydrogen-bond acceptors (Lipinski definition) is 5. The highest BCUT2D eigenvalue weighted by molar-refractivity contribution is 6.46. The van der Waals surface area contributed by atoms with Crippen molar-refractivity contribution in [1.29, 1.82) is 0 Å². The quantitative estimate of drug-likeness (QED) is 0.413. The summed E-state index contributed by atoms with van der Waals surface area (Å²) in [4.78, 5) is 37.8. The largest absolute Gasteiger partial charge is 0.507 e. The van der Waals surface area contributed by atoms with E-state index in [1.165, 1.54) is 4.90 Å². The second-order valence-corrected chi connectivity index (χ2v) is 7.00. The molecule has 0 bridgehead atoms. The monoisotopic (exact) mass is 409 g/mol. The molecule has 2 aromatic rings. The van der Waals surface area contributed by atoms with Gasteiger partial charge in [0.15, 0.2) is 0 Å². The molecule has 7 heteroatoms. The zero-order valence-electron chi connectivity index (χ0n) is 16.8. The number of carboxylic acid groups (broad SMARTS) is 1. The summed E-state index contributed by atoms with van der Waals surface area (Å²) in [5, 5.41) is 20.0. The summed E-state index contributed by atoms with van der Waals surface area (Å²) in [6.45, 7) is 4.09. The molecule has 1 saturated heterocycles. The Morgan fingerprint density at radius 3 is 2.23 bits per heavy atom. The molecule has 0 saturated carbocycles. The Balaban J connectivity index is 2.11. The number of Topliss-reactive ketones (excluding diaryl/α,β-unsaturated/α-hetero) is 1. The smallest absolute Gasteiger partial charge is 0.305 e. The number of aryl methyl sites for hydroxylation is 1. The first-order valence-corrected chi connectivity index (χ1v) is 9.63. The number of benzene rings is 2. The molecule has 7 nitrogen and oxygen atoms in total. The minimum absolute atomic E-state index is 0.0570. The fraction of sp³-hybridized carbons (Fsp3) is 0.261. The van der Waals surface area contributed by atoms with Crippen molar-refractivity contribution < 1.29 is 29.3 Å². The van der Waals surface area contributed by atoms with E-state index < -0.39 is 23.7 Å². The molecule has 0 spiro atoms. The Labute approximate surface area is 174 Å². The molecule has 1 aliphatic rings. The number of likely N-dealkylation sites (tertiary alicyclic amines) is 1. The number of hydrogen-bond donors (Lipinski definition) is 2. The molecular weight excluding hydrogens is 386 g/mol. The summed E-state index contributed by atoms with van der Waals surface area (Å²) >= 11 is 0. The van der Waals surface area contributed by atoms with Crippen molar-refractivity contribution in [1.82, 2.24) is 4.90 Å². The van der Waals surface area contributed by atoms with Crippen LogP contribution in [0.25, 0.3) is 5.76 Å². The number of aliphatic hydroxyl groups is 1. The first kappa shape index (κ1) is 21.1. The molecule has 1 atom stereocenters. The van der Waals surface area contributed by atoms with Crippen LogP contribution < -0.4 is 4.74 Å². The lowest BCUT2D eigenvalue weighted by atomic mass is 9.95. The van der Waals surface area contributed by atoms with E-state index in [1.807, 2.05) is 13.8 Å². The van der Waals surface area contributed by atoms with Crippen LogP contribution in [0.1, 0.15) is 36.1 Å². The zero-order chi connectivity index (χ0) is 21.8. The Morgan fingerprint density at radius 2 is 1.67 bits per heavy atom. The Hall–Kier alpha value is -3.61. The van der Waals surface area contributed by atoms with Crippen LogP contribution in [-0.4, -0.2) is 45.9 Å². The van der Waals surface area contributed by atoms with E-state index in [0.29, 0.717) is 23.5 Å². The molecule has 1 aliphatic heterocycles. The van der Waals surface area contributed by atoms with Gasteiger partial charge in [0, 0.05) is 12.1 Å². The van der Waals surface area contributed by atoms with Gasteiger partial charge in [-0.05, 0) is 31.5 Å². The van der Waals surface area contributed by atoms with E-state index in [-0.39, 0.29) is 24.3 Å². The van der Waals surface area contributed by atoms with Crippen molar-refractivity contribution in [3.8, 4) is 5.75 Å². The van der Waals surface area contributed by atoms with Crippen molar-refractivity contribution in [2.24, 2.45) is 0 Å². The average molecular weight is 409 g/mol. The molecule has 2 N–H and O–H groups in total. The molecule has 1 heterocycles. The summed E-state index contributed by atoms with van der Waals surface area (Å²) in [6, 6.07) is 12.9. The molecular formula is C23H23NO6. The first-order valence-electron chi connectivity index (χ1n) is 9.63. The van der Waals surface area contributed by atoms with Gasteiger partial charge in [-0.2, -0.15) is 0 Å². The maximum absolute atomic E-state index is 12.8. The number of rotatable bonds is 7. The van der Waals surface area contributed by atoms with Gasteiger partial charge >= 0.3 is 5.97 Å². The predicted octanol–water partition coefficient (Wildman–Crippen LogP) is 3.29. The lowest BCUT2D eigenvalue weighted by Crippen LogP contribution is -2.31. The van der Waals surface area contributed by atoms with E-state index in [9.17, 15) is 19.5 Å². The third-order valence-electron chi connectivity index (χ3n) is 4.94. The van der Waals surface area contributed by atoms with Gasteiger partial charge in [-0.1, -0.05) is 42.0 Å². The van der Waals surface area contributed by atoms with Crippen molar-refractivity contribution >= 4 is 23.4 Å². The molecule has 0 aliphatic carbocycles. The van der Waals surface area contributed by atoms with Crippen LogP contribution in [0.3, 0.4) is 0 Å². The maximum Gasteiger partial charge on any atom is 0.305 e. The van der Waals surface area contributed by atoms with Crippen LogP contribution in [0.15, 0.2) is 54.1 Å². The van der Waals surface area contributed by atoms with Crippen LogP contribution in [0, 0.1) is 6.92 Å². The summed E-state index contributed by atoms with van der Waals surface area (Å²) in [6.07, 6.45) is -0.314. The highest BCUT2D eigenvalue weighted by Crippen LogP contribution is 2.39. The predicted molar refractivity (Wildman–Crippen MR) is 110 cm³/mol. The molecule has 30 heavy (non-hydrogen) atoms.